The molecule has 0 bridgehead atoms. The lowest BCUT2D eigenvalue weighted by Gasteiger charge is -2.15. The number of phenolic OH excluding ortho intramolecular Hbond substituents is 1. The van der Waals surface area contributed by atoms with Crippen LogP contribution in [0.4, 0.5) is 8.78 Å². The van der Waals surface area contributed by atoms with Crippen LogP contribution in [0.5, 0.6) is 5.75 Å². The van der Waals surface area contributed by atoms with Gasteiger partial charge in [0.05, 0.1) is 5.41 Å². The van der Waals surface area contributed by atoms with Crippen molar-refractivity contribution >= 4 is 15.8 Å². The molecular weight excluding hydrogens is 282 g/mol. The lowest BCUT2D eigenvalue weighted by Crippen LogP contribution is -2.21. The summed E-state index contributed by atoms with van der Waals surface area (Å²) in [6, 6.07) is 0.579. The highest BCUT2D eigenvalue weighted by atomic mass is 32.2. The molecule has 0 atom stereocenters. The number of carboxylic acid groups (broad SMARTS) is 1. The number of carboxylic acids is 1. The number of hydrogen-bond donors (Lipinski definition) is 2. The van der Waals surface area contributed by atoms with E-state index in [1.807, 2.05) is 0 Å². The number of benzene rings is 1. The van der Waals surface area contributed by atoms with Gasteiger partial charge in [-0.15, -0.1) is 0 Å². The Bertz CT molecular complexity index is 677. The van der Waals surface area contributed by atoms with Gasteiger partial charge in [0.15, 0.2) is 21.4 Å². The summed E-state index contributed by atoms with van der Waals surface area (Å²) in [7, 11) is -4.21. The second-order valence-electron chi connectivity index (χ2n) is 4.56. The molecule has 0 radical (unpaired) electrons. The van der Waals surface area contributed by atoms with Crippen LogP contribution in [0.1, 0.15) is 18.4 Å². The Labute approximate surface area is 107 Å². The van der Waals surface area contributed by atoms with Crippen molar-refractivity contribution in [3.63, 3.8) is 0 Å². The van der Waals surface area contributed by atoms with E-state index in [0.717, 1.165) is 0 Å². The summed E-state index contributed by atoms with van der Waals surface area (Å²) in [5.74, 6) is -5.49. The Morgan fingerprint density at radius 2 is 1.89 bits per heavy atom. The van der Waals surface area contributed by atoms with Gasteiger partial charge >= 0.3 is 5.97 Å². The zero-order valence-corrected chi connectivity index (χ0v) is 10.6. The lowest BCUT2D eigenvalue weighted by molar-refractivity contribution is -0.140. The van der Waals surface area contributed by atoms with E-state index >= 15 is 0 Å². The van der Waals surface area contributed by atoms with Gasteiger partial charge < -0.3 is 10.2 Å². The van der Waals surface area contributed by atoms with Crippen molar-refractivity contribution in [2.75, 3.05) is 6.26 Å². The van der Waals surface area contributed by atoms with Crippen LogP contribution >= 0.6 is 0 Å². The summed E-state index contributed by atoms with van der Waals surface area (Å²) in [6.45, 7) is 0. The largest absolute Gasteiger partial charge is 0.505 e. The summed E-state index contributed by atoms with van der Waals surface area (Å²) in [6.07, 6.45) is 0.859. The number of halogens is 2. The van der Waals surface area contributed by atoms with Crippen molar-refractivity contribution in [2.45, 2.75) is 23.2 Å². The number of rotatable bonds is 3. The molecule has 0 spiro atoms. The summed E-state index contributed by atoms with van der Waals surface area (Å²) in [4.78, 5) is 9.81. The van der Waals surface area contributed by atoms with E-state index in [9.17, 15) is 27.1 Å². The molecule has 5 nitrogen and oxygen atoms in total. The highest BCUT2D eigenvalue weighted by molar-refractivity contribution is 7.90. The monoisotopic (exact) mass is 292 g/mol. The molecule has 1 aliphatic carbocycles. The van der Waals surface area contributed by atoms with Crippen molar-refractivity contribution in [1.82, 2.24) is 0 Å². The van der Waals surface area contributed by atoms with E-state index in [2.05, 4.69) is 0 Å². The normalized spacial score (nSPS) is 17.2. The molecule has 0 amide bonds. The summed E-state index contributed by atoms with van der Waals surface area (Å²) in [5, 5.41) is 18.6. The number of carbonyl (C=O) groups is 1. The fraction of sp³-hybridized carbons (Fsp3) is 0.364. The topological polar surface area (TPSA) is 91.7 Å². The van der Waals surface area contributed by atoms with Crippen LogP contribution in [0.25, 0.3) is 0 Å². The molecule has 19 heavy (non-hydrogen) atoms. The fourth-order valence-electron chi connectivity index (χ4n) is 2.02. The van der Waals surface area contributed by atoms with Crippen molar-refractivity contribution in [2.24, 2.45) is 0 Å². The van der Waals surface area contributed by atoms with Crippen LogP contribution < -0.4 is 0 Å². The molecule has 0 aliphatic heterocycles. The maximum Gasteiger partial charge on any atom is 0.314 e. The first kappa shape index (κ1) is 13.7. The summed E-state index contributed by atoms with van der Waals surface area (Å²) >= 11 is 0. The highest BCUT2D eigenvalue weighted by Gasteiger charge is 2.54. The summed E-state index contributed by atoms with van der Waals surface area (Å²) < 4.78 is 49.9. The van der Waals surface area contributed by atoms with E-state index < -0.39 is 49.1 Å². The number of hydrogen-bond acceptors (Lipinski definition) is 4. The molecule has 0 heterocycles. The quantitative estimate of drug-likeness (QED) is 0.873. The van der Waals surface area contributed by atoms with Crippen LogP contribution in [0.15, 0.2) is 11.0 Å². The Morgan fingerprint density at radius 1 is 1.37 bits per heavy atom. The number of aliphatic carboxylic acids is 1. The Kier molecular flexibility index (Phi) is 2.81. The van der Waals surface area contributed by atoms with Crippen LogP contribution in [0, 0.1) is 11.6 Å². The van der Waals surface area contributed by atoms with E-state index in [1.54, 1.807) is 0 Å². The first-order chi connectivity index (χ1) is 8.61. The molecule has 1 aromatic carbocycles. The molecule has 1 saturated carbocycles. The van der Waals surface area contributed by atoms with Crippen molar-refractivity contribution < 1.29 is 32.2 Å². The maximum atomic E-state index is 13.8. The van der Waals surface area contributed by atoms with Crippen LogP contribution in [-0.4, -0.2) is 30.9 Å². The molecule has 2 rings (SSSR count). The minimum absolute atomic E-state index is 0.132. The average molecular weight is 292 g/mol. The molecule has 2 N–H and O–H groups in total. The third-order valence-electron chi connectivity index (χ3n) is 3.20. The van der Waals surface area contributed by atoms with Crippen LogP contribution in [0.3, 0.4) is 0 Å². The molecule has 1 aromatic rings. The smallest absolute Gasteiger partial charge is 0.314 e. The second-order valence-corrected chi connectivity index (χ2v) is 6.51. The molecule has 0 aromatic heterocycles. The standard InChI is InChI=1S/C11H10F2O5S/c1-19(17,18)9-6(12)4-5(8(14)7(9)13)11(2-3-11)10(15)16/h4,14H,2-3H2,1H3,(H,15,16). The molecule has 104 valence electrons. The predicted molar refractivity (Wildman–Crippen MR) is 59.7 cm³/mol. The zero-order valence-electron chi connectivity index (χ0n) is 9.77. The van der Waals surface area contributed by atoms with E-state index in [4.69, 9.17) is 5.11 Å². The van der Waals surface area contributed by atoms with Gasteiger partial charge in [-0.05, 0) is 18.9 Å². The predicted octanol–water partition coefficient (Wildman–Crippen LogP) is 1.19. The van der Waals surface area contributed by atoms with Gasteiger partial charge in [0.1, 0.15) is 10.7 Å². The lowest BCUT2D eigenvalue weighted by atomic mass is 9.95. The zero-order chi connectivity index (χ0) is 14.6. The van der Waals surface area contributed by atoms with Gasteiger partial charge in [0.25, 0.3) is 0 Å². The van der Waals surface area contributed by atoms with Crippen LogP contribution in [-0.2, 0) is 20.0 Å². The maximum absolute atomic E-state index is 13.8. The number of phenols is 1. The van der Waals surface area contributed by atoms with Crippen molar-refractivity contribution in [3.05, 3.63) is 23.3 Å². The van der Waals surface area contributed by atoms with Gasteiger partial charge in [-0.1, -0.05) is 0 Å². The van der Waals surface area contributed by atoms with Gasteiger partial charge in [0.2, 0.25) is 0 Å². The van der Waals surface area contributed by atoms with E-state index in [0.29, 0.717) is 12.3 Å². The SMILES string of the molecule is CS(=O)(=O)c1c(F)cc(C2(C(=O)O)CC2)c(O)c1F. The third-order valence-corrected chi connectivity index (χ3v) is 4.31. The van der Waals surface area contributed by atoms with E-state index in [1.165, 1.54) is 0 Å². The first-order valence-electron chi connectivity index (χ1n) is 5.26. The number of sulfone groups is 1. The molecular formula is C11H10F2O5S. The minimum Gasteiger partial charge on any atom is -0.505 e. The fourth-order valence-corrected chi connectivity index (χ4v) is 2.85. The van der Waals surface area contributed by atoms with Gasteiger partial charge in [-0.3, -0.25) is 4.79 Å². The molecule has 0 unspecified atom stereocenters. The highest BCUT2D eigenvalue weighted by Crippen LogP contribution is 2.52. The first-order valence-corrected chi connectivity index (χ1v) is 7.15. The van der Waals surface area contributed by atoms with Gasteiger partial charge in [-0.2, -0.15) is 0 Å². The Hall–Kier alpha value is -1.70. The molecule has 8 heteroatoms. The Balaban J connectivity index is 2.74. The van der Waals surface area contributed by atoms with Crippen molar-refractivity contribution in [1.29, 1.82) is 0 Å². The van der Waals surface area contributed by atoms with Gasteiger partial charge in [0, 0.05) is 11.8 Å². The average Bonchev–Trinajstić information content (AvgIpc) is 3.02. The molecule has 1 fully saturated rings. The third kappa shape index (κ3) is 1.95. The van der Waals surface area contributed by atoms with E-state index in [-0.39, 0.29) is 12.8 Å². The molecule has 1 aliphatic rings. The number of aromatic hydroxyl groups is 1. The van der Waals surface area contributed by atoms with Crippen LogP contribution in [0.2, 0.25) is 0 Å². The second kappa shape index (κ2) is 3.89. The van der Waals surface area contributed by atoms with Gasteiger partial charge in [-0.25, -0.2) is 17.2 Å². The Morgan fingerprint density at radius 3 is 2.26 bits per heavy atom. The summed E-state index contributed by atoms with van der Waals surface area (Å²) in [5.41, 5.74) is -1.95. The minimum atomic E-state index is -4.21. The van der Waals surface area contributed by atoms with Crippen molar-refractivity contribution in [3.8, 4) is 5.75 Å². The molecule has 0 saturated heterocycles.